The van der Waals surface area contributed by atoms with Crippen LogP contribution >= 0.6 is 0 Å². The lowest BCUT2D eigenvalue weighted by atomic mass is 10.0. The Bertz CT molecular complexity index is 602. The topological polar surface area (TPSA) is 51.7 Å². The Labute approximate surface area is 136 Å². The van der Waals surface area contributed by atoms with Gasteiger partial charge in [-0.05, 0) is 38.2 Å². The standard InChI is InChI=1S/C18H22N2O3/c21-18(13-6-1-2-7-13)20-12-15(17-14(20)8-5-11-22-17)23-16-9-3-4-10-19-16/h3-4,6,9-10,14-15,17H,1-2,5,7-8,11-12H2/t14-,15+,17+/m1/s1. The molecular formula is C18H22N2O3. The summed E-state index contributed by atoms with van der Waals surface area (Å²) < 4.78 is 12.0. The molecule has 2 aliphatic heterocycles. The van der Waals surface area contributed by atoms with Crippen LogP contribution in [0.3, 0.4) is 0 Å². The van der Waals surface area contributed by atoms with Crippen molar-refractivity contribution in [2.75, 3.05) is 13.2 Å². The largest absolute Gasteiger partial charge is 0.470 e. The van der Waals surface area contributed by atoms with E-state index in [1.165, 1.54) is 0 Å². The predicted molar refractivity (Wildman–Crippen MR) is 85.1 cm³/mol. The molecule has 0 saturated carbocycles. The molecule has 3 aliphatic rings. The fourth-order valence-electron chi connectivity index (χ4n) is 3.87. The Morgan fingerprint density at radius 3 is 3.09 bits per heavy atom. The van der Waals surface area contributed by atoms with E-state index in [-0.39, 0.29) is 24.2 Å². The van der Waals surface area contributed by atoms with Gasteiger partial charge in [-0.3, -0.25) is 4.79 Å². The summed E-state index contributed by atoms with van der Waals surface area (Å²) in [4.78, 5) is 19.0. The Morgan fingerprint density at radius 1 is 1.35 bits per heavy atom. The number of hydrogen-bond donors (Lipinski definition) is 0. The second-order valence-electron chi connectivity index (χ2n) is 6.45. The van der Waals surface area contributed by atoms with Crippen molar-refractivity contribution in [3.05, 3.63) is 36.0 Å². The first-order valence-corrected chi connectivity index (χ1v) is 8.52. The van der Waals surface area contributed by atoms with E-state index in [0.717, 1.165) is 44.3 Å². The third kappa shape index (κ3) is 2.85. The Balaban J connectivity index is 1.53. The minimum Gasteiger partial charge on any atom is -0.470 e. The quantitative estimate of drug-likeness (QED) is 0.859. The van der Waals surface area contributed by atoms with Crippen molar-refractivity contribution in [1.82, 2.24) is 9.88 Å². The fourth-order valence-corrected chi connectivity index (χ4v) is 3.87. The number of rotatable bonds is 3. The predicted octanol–water partition coefficient (Wildman–Crippen LogP) is 2.33. The van der Waals surface area contributed by atoms with Gasteiger partial charge in [0, 0.05) is 24.4 Å². The van der Waals surface area contributed by atoms with Gasteiger partial charge < -0.3 is 14.4 Å². The Kier molecular flexibility index (Phi) is 4.04. The lowest BCUT2D eigenvalue weighted by Crippen LogP contribution is -2.44. The normalized spacial score (nSPS) is 30.0. The molecule has 1 amide bonds. The zero-order valence-corrected chi connectivity index (χ0v) is 13.2. The third-order valence-electron chi connectivity index (χ3n) is 4.96. The van der Waals surface area contributed by atoms with Crippen molar-refractivity contribution in [2.24, 2.45) is 0 Å². The molecule has 1 aliphatic carbocycles. The smallest absolute Gasteiger partial charge is 0.249 e. The van der Waals surface area contributed by atoms with Gasteiger partial charge in [0.2, 0.25) is 11.8 Å². The van der Waals surface area contributed by atoms with Crippen LogP contribution in [-0.2, 0) is 9.53 Å². The van der Waals surface area contributed by atoms with Gasteiger partial charge in [-0.1, -0.05) is 12.1 Å². The SMILES string of the molecule is O=C(C1=CCCC1)N1C[C@H](Oc2ccccn2)[C@H]2OCCC[C@H]21. The second-order valence-corrected chi connectivity index (χ2v) is 6.45. The number of ether oxygens (including phenoxy) is 2. The second kappa shape index (κ2) is 6.32. The maximum atomic E-state index is 12.8. The molecular weight excluding hydrogens is 292 g/mol. The number of fused-ring (bicyclic) bond motifs is 1. The van der Waals surface area contributed by atoms with Gasteiger partial charge in [0.25, 0.3) is 0 Å². The monoisotopic (exact) mass is 314 g/mol. The minimum absolute atomic E-state index is 0.0447. The maximum Gasteiger partial charge on any atom is 0.249 e. The van der Waals surface area contributed by atoms with E-state index in [1.54, 1.807) is 6.20 Å². The molecule has 3 heterocycles. The highest BCUT2D eigenvalue weighted by molar-refractivity contribution is 5.94. The van der Waals surface area contributed by atoms with Gasteiger partial charge in [-0.2, -0.15) is 0 Å². The molecule has 0 radical (unpaired) electrons. The first kappa shape index (κ1) is 14.7. The highest BCUT2D eigenvalue weighted by atomic mass is 16.5. The van der Waals surface area contributed by atoms with Crippen molar-refractivity contribution in [1.29, 1.82) is 0 Å². The maximum absolute atomic E-state index is 12.8. The lowest BCUT2D eigenvalue weighted by molar-refractivity contribution is -0.130. The highest BCUT2D eigenvalue weighted by Crippen LogP contribution is 2.33. The van der Waals surface area contributed by atoms with Gasteiger partial charge in [0.15, 0.2) is 0 Å². The summed E-state index contributed by atoms with van der Waals surface area (Å²) in [7, 11) is 0. The molecule has 0 bridgehead atoms. The van der Waals surface area contributed by atoms with E-state index in [1.807, 2.05) is 23.1 Å². The van der Waals surface area contributed by atoms with Gasteiger partial charge in [0.05, 0.1) is 12.6 Å². The summed E-state index contributed by atoms with van der Waals surface area (Å²) in [5.74, 6) is 0.773. The number of aromatic nitrogens is 1. The lowest BCUT2D eigenvalue weighted by Gasteiger charge is -2.32. The van der Waals surface area contributed by atoms with Crippen LogP contribution in [-0.4, -0.2) is 47.2 Å². The summed E-state index contributed by atoms with van der Waals surface area (Å²) in [6.45, 7) is 1.33. The average molecular weight is 314 g/mol. The molecule has 2 saturated heterocycles. The van der Waals surface area contributed by atoms with E-state index < -0.39 is 0 Å². The molecule has 3 atom stereocenters. The summed E-state index contributed by atoms with van der Waals surface area (Å²) in [6, 6.07) is 5.75. The number of carbonyl (C=O) groups is 1. The number of pyridine rings is 1. The summed E-state index contributed by atoms with van der Waals surface area (Å²) in [6.07, 6.45) is 8.63. The molecule has 0 aromatic carbocycles. The van der Waals surface area contributed by atoms with Crippen LogP contribution in [0.1, 0.15) is 32.1 Å². The van der Waals surface area contributed by atoms with Crippen molar-refractivity contribution < 1.29 is 14.3 Å². The average Bonchev–Trinajstić information content (AvgIpc) is 3.24. The molecule has 0 spiro atoms. The fraction of sp³-hybridized carbons (Fsp3) is 0.556. The van der Waals surface area contributed by atoms with Crippen molar-refractivity contribution in [3.63, 3.8) is 0 Å². The first-order valence-electron chi connectivity index (χ1n) is 8.52. The van der Waals surface area contributed by atoms with Crippen molar-refractivity contribution in [3.8, 4) is 5.88 Å². The summed E-state index contributed by atoms with van der Waals surface area (Å²) >= 11 is 0. The summed E-state index contributed by atoms with van der Waals surface area (Å²) in [5.41, 5.74) is 0.966. The van der Waals surface area contributed by atoms with Crippen LogP contribution in [0.2, 0.25) is 0 Å². The zero-order valence-electron chi connectivity index (χ0n) is 13.2. The first-order chi connectivity index (χ1) is 11.3. The van der Waals surface area contributed by atoms with Gasteiger partial charge in [-0.25, -0.2) is 4.98 Å². The highest BCUT2D eigenvalue weighted by Gasteiger charge is 2.48. The van der Waals surface area contributed by atoms with E-state index in [0.29, 0.717) is 12.4 Å². The number of likely N-dealkylation sites (tertiary alicyclic amines) is 1. The molecule has 4 rings (SSSR count). The third-order valence-corrected chi connectivity index (χ3v) is 4.96. The van der Waals surface area contributed by atoms with E-state index in [2.05, 4.69) is 11.1 Å². The number of amides is 1. The van der Waals surface area contributed by atoms with Crippen LogP contribution in [0, 0.1) is 0 Å². The van der Waals surface area contributed by atoms with Crippen molar-refractivity contribution in [2.45, 2.75) is 50.4 Å². The van der Waals surface area contributed by atoms with Crippen LogP contribution in [0.5, 0.6) is 5.88 Å². The van der Waals surface area contributed by atoms with Gasteiger partial charge in [0.1, 0.15) is 12.2 Å². The molecule has 0 unspecified atom stereocenters. The molecule has 23 heavy (non-hydrogen) atoms. The number of allylic oxidation sites excluding steroid dienone is 1. The zero-order chi connectivity index (χ0) is 15.6. The molecule has 5 heteroatoms. The molecule has 0 N–H and O–H groups in total. The van der Waals surface area contributed by atoms with Gasteiger partial charge in [-0.15, -0.1) is 0 Å². The molecule has 122 valence electrons. The van der Waals surface area contributed by atoms with Crippen LogP contribution in [0.25, 0.3) is 0 Å². The number of nitrogens with zero attached hydrogens (tertiary/aromatic N) is 2. The summed E-state index contributed by atoms with van der Waals surface area (Å²) in [5, 5.41) is 0. The number of carbonyl (C=O) groups excluding carboxylic acids is 1. The van der Waals surface area contributed by atoms with E-state index in [4.69, 9.17) is 9.47 Å². The molecule has 5 nitrogen and oxygen atoms in total. The van der Waals surface area contributed by atoms with Crippen LogP contribution in [0.15, 0.2) is 36.0 Å². The molecule has 2 fully saturated rings. The van der Waals surface area contributed by atoms with Crippen LogP contribution in [0.4, 0.5) is 0 Å². The Morgan fingerprint density at radius 2 is 2.30 bits per heavy atom. The van der Waals surface area contributed by atoms with Gasteiger partial charge >= 0.3 is 0 Å². The van der Waals surface area contributed by atoms with Crippen LogP contribution < -0.4 is 4.74 Å². The van der Waals surface area contributed by atoms with Crippen molar-refractivity contribution >= 4 is 5.91 Å². The molecule has 1 aromatic rings. The number of hydrogen-bond acceptors (Lipinski definition) is 4. The Hall–Kier alpha value is -1.88. The van der Waals surface area contributed by atoms with E-state index in [9.17, 15) is 4.79 Å². The van der Waals surface area contributed by atoms with E-state index >= 15 is 0 Å². The molecule has 1 aromatic heterocycles. The minimum atomic E-state index is -0.138.